The predicted molar refractivity (Wildman–Crippen MR) is 49.6 cm³/mol. The summed E-state index contributed by atoms with van der Waals surface area (Å²) in [5.41, 5.74) is 1.63. The number of hydrogen-bond acceptors (Lipinski definition) is 3. The molecule has 70 valence electrons. The van der Waals surface area contributed by atoms with E-state index >= 15 is 0 Å². The van der Waals surface area contributed by atoms with Crippen LogP contribution in [0.3, 0.4) is 0 Å². The molecule has 0 aromatic carbocycles. The van der Waals surface area contributed by atoms with E-state index in [0.717, 1.165) is 30.6 Å². The molecule has 2 N–H and O–H groups in total. The quantitative estimate of drug-likeness (QED) is 0.660. The molecule has 4 nitrogen and oxygen atoms in total. The lowest BCUT2D eigenvalue weighted by Gasteiger charge is -2.10. The molecule has 1 saturated heterocycles. The summed E-state index contributed by atoms with van der Waals surface area (Å²) in [6.45, 7) is 2.88. The summed E-state index contributed by atoms with van der Waals surface area (Å²) in [5, 5.41) is 3.29. The van der Waals surface area contributed by atoms with Crippen LogP contribution in [0, 0.1) is 6.92 Å². The first-order chi connectivity index (χ1) is 6.29. The van der Waals surface area contributed by atoms with Crippen molar-refractivity contribution in [3.8, 4) is 0 Å². The summed E-state index contributed by atoms with van der Waals surface area (Å²) >= 11 is 0. The van der Waals surface area contributed by atoms with Gasteiger partial charge in [-0.2, -0.15) is 0 Å². The molecule has 1 unspecified atom stereocenters. The minimum absolute atomic E-state index is 0.00750. The van der Waals surface area contributed by atoms with Crippen molar-refractivity contribution < 1.29 is 0 Å². The maximum atomic E-state index is 11.5. The fourth-order valence-electron chi connectivity index (χ4n) is 1.84. The van der Waals surface area contributed by atoms with Crippen LogP contribution >= 0.6 is 0 Å². The Morgan fingerprint density at radius 2 is 2.46 bits per heavy atom. The summed E-state index contributed by atoms with van der Waals surface area (Å²) in [6, 6.07) is 0.206. The van der Waals surface area contributed by atoms with E-state index in [4.69, 9.17) is 0 Å². The van der Waals surface area contributed by atoms with E-state index in [1.54, 1.807) is 0 Å². The molecular weight excluding hydrogens is 166 g/mol. The fourth-order valence-corrected chi connectivity index (χ4v) is 1.84. The van der Waals surface area contributed by atoms with Gasteiger partial charge in [-0.25, -0.2) is 4.98 Å². The van der Waals surface area contributed by atoms with E-state index in [1.807, 2.05) is 6.92 Å². The molecule has 1 aliphatic rings. The summed E-state index contributed by atoms with van der Waals surface area (Å²) in [6.07, 6.45) is 3.63. The minimum Gasteiger partial charge on any atom is -0.313 e. The van der Waals surface area contributed by atoms with E-state index in [9.17, 15) is 4.79 Å². The molecule has 0 radical (unpaired) electrons. The van der Waals surface area contributed by atoms with Crippen molar-refractivity contribution in [1.82, 2.24) is 15.3 Å². The highest BCUT2D eigenvalue weighted by Crippen LogP contribution is 2.21. The standard InChI is InChI=1S/C9H13N3O/c1-6-8(7-3-2-4-10-7)9(13)12-5-11-6/h5,7,10H,2-4H2,1H3,(H,11,12,13). The third-order valence-corrected chi connectivity index (χ3v) is 2.50. The molecule has 2 rings (SSSR count). The van der Waals surface area contributed by atoms with E-state index in [0.29, 0.717) is 0 Å². The molecule has 13 heavy (non-hydrogen) atoms. The van der Waals surface area contributed by atoms with Crippen LogP contribution in [0.5, 0.6) is 0 Å². The monoisotopic (exact) mass is 179 g/mol. The van der Waals surface area contributed by atoms with Gasteiger partial charge in [0, 0.05) is 11.7 Å². The molecule has 0 saturated carbocycles. The van der Waals surface area contributed by atoms with E-state index < -0.39 is 0 Å². The average Bonchev–Trinajstić information content (AvgIpc) is 2.57. The van der Waals surface area contributed by atoms with Gasteiger partial charge in [0.05, 0.1) is 11.9 Å². The van der Waals surface area contributed by atoms with Crippen LogP contribution in [0.2, 0.25) is 0 Å². The van der Waals surface area contributed by atoms with E-state index in [1.165, 1.54) is 6.33 Å². The smallest absolute Gasteiger partial charge is 0.255 e. The van der Waals surface area contributed by atoms with Gasteiger partial charge in [0.1, 0.15) is 0 Å². The summed E-state index contributed by atoms with van der Waals surface area (Å²) in [4.78, 5) is 18.2. The van der Waals surface area contributed by atoms with Gasteiger partial charge in [-0.05, 0) is 26.3 Å². The average molecular weight is 179 g/mol. The summed E-state index contributed by atoms with van der Waals surface area (Å²) in [7, 11) is 0. The highest BCUT2D eigenvalue weighted by Gasteiger charge is 2.21. The Morgan fingerprint density at radius 3 is 3.08 bits per heavy atom. The van der Waals surface area contributed by atoms with Crippen molar-refractivity contribution in [2.45, 2.75) is 25.8 Å². The van der Waals surface area contributed by atoms with Crippen LogP contribution in [0.15, 0.2) is 11.1 Å². The molecule has 0 spiro atoms. The second-order valence-electron chi connectivity index (χ2n) is 3.38. The molecule has 4 heteroatoms. The zero-order chi connectivity index (χ0) is 9.26. The van der Waals surface area contributed by atoms with Gasteiger partial charge in [0.25, 0.3) is 5.56 Å². The Kier molecular flexibility index (Phi) is 2.14. The van der Waals surface area contributed by atoms with Crippen molar-refractivity contribution in [1.29, 1.82) is 0 Å². The lowest BCUT2D eigenvalue weighted by molar-refractivity contribution is 0.629. The number of hydrogen-bond donors (Lipinski definition) is 2. The molecule has 1 aliphatic heterocycles. The van der Waals surface area contributed by atoms with Crippen LogP contribution in [0.1, 0.15) is 30.1 Å². The number of aromatic amines is 1. The third kappa shape index (κ3) is 1.49. The number of H-pyrrole nitrogens is 1. The van der Waals surface area contributed by atoms with Gasteiger partial charge < -0.3 is 10.3 Å². The van der Waals surface area contributed by atoms with Crippen molar-refractivity contribution >= 4 is 0 Å². The van der Waals surface area contributed by atoms with Crippen LogP contribution in [0.25, 0.3) is 0 Å². The van der Waals surface area contributed by atoms with Crippen molar-refractivity contribution in [3.05, 3.63) is 27.9 Å². The Morgan fingerprint density at radius 1 is 1.62 bits per heavy atom. The van der Waals surface area contributed by atoms with Gasteiger partial charge in [-0.15, -0.1) is 0 Å². The normalized spacial score (nSPS) is 22.1. The van der Waals surface area contributed by atoms with Crippen molar-refractivity contribution in [2.24, 2.45) is 0 Å². The number of rotatable bonds is 1. The lowest BCUT2D eigenvalue weighted by Crippen LogP contribution is -2.24. The SMILES string of the molecule is Cc1nc[nH]c(=O)c1C1CCCN1. The van der Waals surface area contributed by atoms with E-state index in [-0.39, 0.29) is 11.6 Å². The zero-order valence-electron chi connectivity index (χ0n) is 7.63. The molecule has 0 aliphatic carbocycles. The maximum absolute atomic E-state index is 11.5. The predicted octanol–water partition coefficient (Wildman–Crippen LogP) is 0.503. The second kappa shape index (κ2) is 3.30. The number of aryl methyl sites for hydroxylation is 1. The first-order valence-electron chi connectivity index (χ1n) is 4.56. The number of nitrogens with one attached hydrogen (secondary N) is 2. The highest BCUT2D eigenvalue weighted by atomic mass is 16.1. The van der Waals surface area contributed by atoms with Gasteiger partial charge >= 0.3 is 0 Å². The first-order valence-corrected chi connectivity index (χ1v) is 4.56. The Balaban J connectivity index is 2.43. The van der Waals surface area contributed by atoms with Crippen LogP contribution < -0.4 is 10.9 Å². The molecule has 1 aromatic rings. The number of aromatic nitrogens is 2. The van der Waals surface area contributed by atoms with Gasteiger partial charge in [0.2, 0.25) is 0 Å². The van der Waals surface area contributed by atoms with Crippen LogP contribution in [-0.2, 0) is 0 Å². The van der Waals surface area contributed by atoms with Crippen molar-refractivity contribution in [2.75, 3.05) is 6.54 Å². The Labute approximate surface area is 76.4 Å². The maximum Gasteiger partial charge on any atom is 0.255 e. The molecule has 2 heterocycles. The lowest BCUT2D eigenvalue weighted by atomic mass is 10.1. The molecule has 0 bridgehead atoms. The summed E-state index contributed by atoms with van der Waals surface area (Å²) in [5.74, 6) is 0. The molecule has 1 fully saturated rings. The topological polar surface area (TPSA) is 57.8 Å². The zero-order valence-corrected chi connectivity index (χ0v) is 7.63. The van der Waals surface area contributed by atoms with E-state index in [2.05, 4.69) is 15.3 Å². The molecule has 0 amide bonds. The largest absolute Gasteiger partial charge is 0.313 e. The fraction of sp³-hybridized carbons (Fsp3) is 0.556. The number of nitrogens with zero attached hydrogens (tertiary/aromatic N) is 1. The van der Waals surface area contributed by atoms with Gasteiger partial charge in [-0.1, -0.05) is 0 Å². The molecule has 1 atom stereocenters. The molecular formula is C9H13N3O. The van der Waals surface area contributed by atoms with Gasteiger partial charge in [-0.3, -0.25) is 4.79 Å². The first kappa shape index (κ1) is 8.44. The minimum atomic E-state index is -0.00750. The van der Waals surface area contributed by atoms with Crippen molar-refractivity contribution in [3.63, 3.8) is 0 Å². The Hall–Kier alpha value is -1.16. The van der Waals surface area contributed by atoms with Crippen LogP contribution in [-0.4, -0.2) is 16.5 Å². The Bertz CT molecular complexity index is 352. The summed E-state index contributed by atoms with van der Waals surface area (Å²) < 4.78 is 0. The highest BCUT2D eigenvalue weighted by molar-refractivity contribution is 5.20. The second-order valence-corrected chi connectivity index (χ2v) is 3.38. The van der Waals surface area contributed by atoms with Gasteiger partial charge in [0.15, 0.2) is 0 Å². The molecule has 1 aromatic heterocycles. The van der Waals surface area contributed by atoms with Crippen LogP contribution in [0.4, 0.5) is 0 Å². The third-order valence-electron chi connectivity index (χ3n) is 2.50.